The molecular formula is C52H31N5O. The van der Waals surface area contributed by atoms with Crippen molar-refractivity contribution >= 4 is 65.3 Å². The summed E-state index contributed by atoms with van der Waals surface area (Å²) in [4.78, 5) is 20.9. The van der Waals surface area contributed by atoms with Crippen LogP contribution in [0.25, 0.3) is 117 Å². The van der Waals surface area contributed by atoms with Gasteiger partial charge in [-0.25, -0.2) is 19.9 Å². The maximum Gasteiger partial charge on any atom is 0.164 e. The molecule has 0 radical (unpaired) electrons. The molecule has 0 saturated carbocycles. The van der Waals surface area contributed by atoms with Crippen molar-refractivity contribution in [3.63, 3.8) is 0 Å². The van der Waals surface area contributed by atoms with Gasteiger partial charge in [-0.05, 0) is 69.4 Å². The number of benzene rings is 9. The minimum atomic E-state index is 0.563. The molecule has 12 rings (SSSR count). The maximum atomic E-state index is 6.35. The third kappa shape index (κ3) is 5.05. The van der Waals surface area contributed by atoms with E-state index in [-0.39, 0.29) is 0 Å². The molecule has 0 aliphatic carbocycles. The van der Waals surface area contributed by atoms with Crippen LogP contribution in [-0.2, 0) is 0 Å². The van der Waals surface area contributed by atoms with Gasteiger partial charge in [0.1, 0.15) is 17.0 Å². The second-order valence-corrected chi connectivity index (χ2v) is 14.6. The molecule has 0 N–H and O–H groups in total. The smallest absolute Gasteiger partial charge is 0.164 e. The Morgan fingerprint density at radius 2 is 0.931 bits per heavy atom. The van der Waals surface area contributed by atoms with Gasteiger partial charge in [0, 0.05) is 44.1 Å². The van der Waals surface area contributed by atoms with Gasteiger partial charge in [0.15, 0.2) is 17.5 Å². The molecule has 0 aliphatic rings. The molecule has 0 fully saturated rings. The number of hydrogen-bond donors (Lipinski definition) is 0. The van der Waals surface area contributed by atoms with E-state index in [4.69, 9.17) is 24.4 Å². The van der Waals surface area contributed by atoms with Crippen molar-refractivity contribution in [1.29, 1.82) is 0 Å². The lowest BCUT2D eigenvalue weighted by Gasteiger charge is -2.15. The van der Waals surface area contributed by atoms with Crippen molar-refractivity contribution < 1.29 is 4.42 Å². The number of nitrogens with zero attached hydrogens (tertiary/aromatic N) is 5. The molecule has 270 valence electrons. The molecule has 3 aromatic heterocycles. The van der Waals surface area contributed by atoms with Gasteiger partial charge in [0.2, 0.25) is 0 Å². The first-order chi connectivity index (χ1) is 28.7. The van der Waals surface area contributed by atoms with Gasteiger partial charge >= 0.3 is 0 Å². The number of aromatic nitrogens is 5. The fourth-order valence-electron chi connectivity index (χ4n) is 8.61. The maximum absolute atomic E-state index is 6.35. The normalized spacial score (nSPS) is 11.8. The molecule has 6 nitrogen and oxygen atoms in total. The number of hydrogen-bond acceptors (Lipinski definition) is 5. The summed E-state index contributed by atoms with van der Waals surface area (Å²) in [5, 5.41) is 9.15. The topological polar surface area (TPSA) is 69.6 Å². The number of imidazole rings is 1. The van der Waals surface area contributed by atoms with Crippen molar-refractivity contribution in [3.8, 4) is 51.2 Å². The lowest BCUT2D eigenvalue weighted by Crippen LogP contribution is -2.02. The highest BCUT2D eigenvalue weighted by Crippen LogP contribution is 2.41. The molecule has 6 heteroatoms. The summed E-state index contributed by atoms with van der Waals surface area (Å²) in [5.41, 5.74) is 8.21. The van der Waals surface area contributed by atoms with Crippen LogP contribution in [0.5, 0.6) is 0 Å². The van der Waals surface area contributed by atoms with Crippen LogP contribution in [0, 0.1) is 0 Å². The van der Waals surface area contributed by atoms with Crippen LogP contribution in [0.2, 0.25) is 0 Å². The summed E-state index contributed by atoms with van der Waals surface area (Å²) in [5.74, 6) is 2.59. The van der Waals surface area contributed by atoms with Crippen LogP contribution < -0.4 is 0 Å². The fraction of sp³-hybridized carbons (Fsp3) is 0. The third-order valence-corrected chi connectivity index (χ3v) is 11.2. The minimum absolute atomic E-state index is 0.563. The van der Waals surface area contributed by atoms with Crippen LogP contribution in [0.15, 0.2) is 192 Å². The van der Waals surface area contributed by atoms with E-state index in [0.717, 1.165) is 82.9 Å². The average Bonchev–Trinajstić information content (AvgIpc) is 3.88. The van der Waals surface area contributed by atoms with E-state index in [1.54, 1.807) is 0 Å². The number of rotatable bonds is 5. The standard InChI is InChI=1S/C52H31N5O/c1-2-14-32(15-3-1)52-53-44-25-9-10-26-45(44)57(52)35-17-12-16-33(30-35)49-54-50(34-28-29-40-39-21-8-11-27-46(39)58-47(40)31-34)56-51(55-49)43-24-13-23-42-38-19-5-4-18-36(38)37-20-6-7-22-41(37)48(42)43/h1-31H. The highest BCUT2D eigenvalue weighted by atomic mass is 16.3. The van der Waals surface area contributed by atoms with Crippen LogP contribution in [0.1, 0.15) is 0 Å². The molecule has 0 unspecified atom stereocenters. The zero-order valence-electron chi connectivity index (χ0n) is 31.0. The van der Waals surface area contributed by atoms with Crippen molar-refractivity contribution in [2.24, 2.45) is 0 Å². The van der Waals surface area contributed by atoms with Crippen LogP contribution >= 0.6 is 0 Å². The van der Waals surface area contributed by atoms with Gasteiger partial charge in [-0.2, -0.15) is 0 Å². The van der Waals surface area contributed by atoms with Crippen molar-refractivity contribution in [1.82, 2.24) is 24.5 Å². The molecule has 0 aliphatic heterocycles. The molecule has 58 heavy (non-hydrogen) atoms. The van der Waals surface area contributed by atoms with Crippen molar-refractivity contribution in [2.75, 3.05) is 0 Å². The predicted molar refractivity (Wildman–Crippen MR) is 236 cm³/mol. The van der Waals surface area contributed by atoms with Gasteiger partial charge in [0.05, 0.1) is 11.0 Å². The molecule has 0 saturated heterocycles. The van der Waals surface area contributed by atoms with Crippen LogP contribution in [-0.4, -0.2) is 24.5 Å². The zero-order valence-corrected chi connectivity index (χ0v) is 31.0. The molecule has 12 aromatic rings. The summed E-state index contributed by atoms with van der Waals surface area (Å²) in [6, 6.07) is 65.0. The first-order valence-electron chi connectivity index (χ1n) is 19.4. The Morgan fingerprint density at radius 1 is 0.362 bits per heavy atom. The van der Waals surface area contributed by atoms with Crippen molar-refractivity contribution in [3.05, 3.63) is 188 Å². The van der Waals surface area contributed by atoms with E-state index in [9.17, 15) is 0 Å². The van der Waals surface area contributed by atoms with Gasteiger partial charge in [0.25, 0.3) is 0 Å². The van der Waals surface area contributed by atoms with E-state index in [1.807, 2.05) is 48.5 Å². The molecule has 3 heterocycles. The SMILES string of the molecule is c1ccc(-c2nc3ccccc3n2-c2cccc(-c3nc(-c4ccc5c(c4)oc4ccccc45)nc(-c4cccc5c6ccccc6c6ccccc6c45)n3)c2)cc1. The van der Waals surface area contributed by atoms with E-state index in [1.165, 1.54) is 16.2 Å². The van der Waals surface area contributed by atoms with E-state index < -0.39 is 0 Å². The highest BCUT2D eigenvalue weighted by molar-refractivity contribution is 6.28. The number of para-hydroxylation sites is 3. The average molecular weight is 742 g/mol. The predicted octanol–water partition coefficient (Wildman–Crippen LogP) is 13.2. The summed E-state index contributed by atoms with van der Waals surface area (Å²) < 4.78 is 8.57. The zero-order chi connectivity index (χ0) is 38.2. The quantitative estimate of drug-likeness (QED) is 0.164. The minimum Gasteiger partial charge on any atom is -0.456 e. The molecule has 0 bridgehead atoms. The second kappa shape index (κ2) is 12.8. The Labute approximate surface area is 332 Å². The molecule has 0 amide bonds. The molecule has 9 aromatic carbocycles. The van der Waals surface area contributed by atoms with E-state index in [2.05, 4.69) is 144 Å². The largest absolute Gasteiger partial charge is 0.456 e. The van der Waals surface area contributed by atoms with Gasteiger partial charge in [-0.1, -0.05) is 146 Å². The van der Waals surface area contributed by atoms with Crippen molar-refractivity contribution in [2.45, 2.75) is 0 Å². The monoisotopic (exact) mass is 741 g/mol. The van der Waals surface area contributed by atoms with Crippen LogP contribution in [0.4, 0.5) is 0 Å². The fourth-order valence-corrected chi connectivity index (χ4v) is 8.61. The first-order valence-corrected chi connectivity index (χ1v) is 19.4. The lowest BCUT2D eigenvalue weighted by molar-refractivity contribution is 0.669. The van der Waals surface area contributed by atoms with E-state index in [0.29, 0.717) is 17.5 Å². The van der Waals surface area contributed by atoms with Gasteiger partial charge < -0.3 is 4.42 Å². The molecule has 0 spiro atoms. The van der Waals surface area contributed by atoms with Gasteiger partial charge in [-0.3, -0.25) is 4.57 Å². The Bertz CT molecular complexity index is 3540. The Balaban J connectivity index is 1.11. The third-order valence-electron chi connectivity index (χ3n) is 11.2. The highest BCUT2D eigenvalue weighted by Gasteiger charge is 2.20. The molecular weight excluding hydrogens is 711 g/mol. The summed E-state index contributed by atoms with van der Waals surface area (Å²) >= 11 is 0. The Kier molecular flexibility index (Phi) is 7.13. The van der Waals surface area contributed by atoms with E-state index >= 15 is 0 Å². The Hall–Kier alpha value is -7.96. The summed E-state index contributed by atoms with van der Waals surface area (Å²) in [6.45, 7) is 0. The van der Waals surface area contributed by atoms with Crippen LogP contribution in [0.3, 0.4) is 0 Å². The number of fused-ring (bicyclic) bond motifs is 10. The van der Waals surface area contributed by atoms with Gasteiger partial charge in [-0.15, -0.1) is 0 Å². The Morgan fingerprint density at radius 3 is 1.72 bits per heavy atom. The number of furan rings is 1. The second-order valence-electron chi connectivity index (χ2n) is 14.6. The lowest BCUT2D eigenvalue weighted by atomic mass is 9.91. The molecule has 0 atom stereocenters. The summed E-state index contributed by atoms with van der Waals surface area (Å²) in [7, 11) is 0. The first kappa shape index (κ1) is 32.3. The summed E-state index contributed by atoms with van der Waals surface area (Å²) in [6.07, 6.45) is 0.